The molecule has 0 radical (unpaired) electrons. The number of benzene rings is 4. The number of sulfonamides is 1. The van der Waals surface area contributed by atoms with Crippen molar-refractivity contribution in [2.75, 3.05) is 24.5 Å². The molecule has 4 aromatic carbocycles. The fourth-order valence-electron chi connectivity index (χ4n) is 4.92. The molecule has 1 N–H and O–H groups in total. The fraction of sp³-hybridized carbons (Fsp3) is 0.257. The molecule has 0 heterocycles. The summed E-state index contributed by atoms with van der Waals surface area (Å²) >= 11 is 0. The van der Waals surface area contributed by atoms with Gasteiger partial charge in [-0.3, -0.25) is 13.9 Å². The number of anilines is 1. The lowest BCUT2D eigenvalue weighted by Crippen LogP contribution is -2.53. The lowest BCUT2D eigenvalue weighted by Gasteiger charge is -2.34. The molecule has 4 aromatic rings. The van der Waals surface area contributed by atoms with Crippen molar-refractivity contribution in [1.82, 2.24) is 10.2 Å². The summed E-state index contributed by atoms with van der Waals surface area (Å²) in [7, 11) is -2.63. The summed E-state index contributed by atoms with van der Waals surface area (Å²) in [6, 6.07) is 30.9. The maximum Gasteiger partial charge on any atom is 0.264 e. The number of aryl methyl sites for hydroxylation is 1. The van der Waals surface area contributed by atoms with E-state index in [0.717, 1.165) is 27.4 Å². The molecule has 0 aliphatic heterocycles. The molecule has 0 saturated heterocycles. The van der Waals surface area contributed by atoms with Crippen molar-refractivity contribution in [2.24, 2.45) is 0 Å². The number of nitrogens with one attached hydrogen (secondary N) is 1. The van der Waals surface area contributed by atoms with Crippen molar-refractivity contribution in [2.45, 2.75) is 44.2 Å². The summed E-state index contributed by atoms with van der Waals surface area (Å²) in [6.45, 7) is 3.99. The zero-order chi connectivity index (χ0) is 31.5. The number of carbonyl (C=O) groups excluding carboxylic acids is 2. The van der Waals surface area contributed by atoms with Crippen molar-refractivity contribution in [3.63, 3.8) is 0 Å². The Bertz CT molecular complexity index is 1630. The Hall–Kier alpha value is -4.63. The second kappa shape index (κ2) is 15.2. The maximum atomic E-state index is 14.4. The minimum atomic E-state index is -4.16. The fourth-order valence-corrected chi connectivity index (χ4v) is 6.36. The predicted molar refractivity (Wildman–Crippen MR) is 173 cm³/mol. The van der Waals surface area contributed by atoms with Crippen molar-refractivity contribution >= 4 is 27.5 Å². The van der Waals surface area contributed by atoms with Gasteiger partial charge in [0.2, 0.25) is 11.8 Å². The highest BCUT2D eigenvalue weighted by atomic mass is 32.2. The van der Waals surface area contributed by atoms with E-state index in [-0.39, 0.29) is 23.8 Å². The first-order valence-electron chi connectivity index (χ1n) is 14.6. The van der Waals surface area contributed by atoms with Gasteiger partial charge in [0.25, 0.3) is 10.0 Å². The molecule has 0 bridgehead atoms. The van der Waals surface area contributed by atoms with Gasteiger partial charge in [-0.1, -0.05) is 85.3 Å². The summed E-state index contributed by atoms with van der Waals surface area (Å²) in [6.07, 6.45) is 0.998. The summed E-state index contributed by atoms with van der Waals surface area (Å²) < 4.78 is 34.4. The number of hydrogen-bond donors (Lipinski definition) is 1. The molecule has 230 valence electrons. The van der Waals surface area contributed by atoms with Crippen LogP contribution in [-0.2, 0) is 32.6 Å². The van der Waals surface area contributed by atoms with Gasteiger partial charge in [-0.2, -0.15) is 0 Å². The summed E-state index contributed by atoms with van der Waals surface area (Å²) in [5, 5.41) is 2.96. The highest BCUT2D eigenvalue weighted by Crippen LogP contribution is 2.27. The van der Waals surface area contributed by atoms with E-state index in [0.29, 0.717) is 18.0 Å². The molecule has 0 spiro atoms. The van der Waals surface area contributed by atoms with Gasteiger partial charge in [0.1, 0.15) is 18.3 Å². The molecule has 0 aliphatic carbocycles. The SMILES string of the molecule is CCCNC(=O)C(Cc1ccccc1)N(Cc1cccc(C)c1)C(=O)CN(c1ccc(OC)cc1)S(=O)(=O)c1ccccc1. The van der Waals surface area contributed by atoms with E-state index >= 15 is 0 Å². The normalized spacial score (nSPS) is 11.8. The molecule has 1 unspecified atom stereocenters. The van der Waals surface area contributed by atoms with E-state index in [1.807, 2.05) is 68.4 Å². The quantitative estimate of drug-likeness (QED) is 0.207. The Kier molecular flexibility index (Phi) is 11.2. The summed E-state index contributed by atoms with van der Waals surface area (Å²) in [5.74, 6) is -0.248. The molecule has 9 heteroatoms. The zero-order valence-corrected chi connectivity index (χ0v) is 26.2. The van der Waals surface area contributed by atoms with Gasteiger partial charge < -0.3 is 15.0 Å². The van der Waals surface area contributed by atoms with Crippen molar-refractivity contribution < 1.29 is 22.7 Å². The third kappa shape index (κ3) is 8.26. The van der Waals surface area contributed by atoms with Crippen molar-refractivity contribution in [3.8, 4) is 5.75 Å². The lowest BCUT2D eigenvalue weighted by molar-refractivity contribution is -0.140. The largest absolute Gasteiger partial charge is 0.497 e. The Labute approximate surface area is 260 Å². The molecule has 8 nitrogen and oxygen atoms in total. The van der Waals surface area contributed by atoms with E-state index in [2.05, 4.69) is 5.32 Å². The zero-order valence-electron chi connectivity index (χ0n) is 25.3. The van der Waals surface area contributed by atoms with Crippen LogP contribution < -0.4 is 14.4 Å². The van der Waals surface area contributed by atoms with Crippen LogP contribution in [0.3, 0.4) is 0 Å². The third-order valence-electron chi connectivity index (χ3n) is 7.23. The van der Waals surface area contributed by atoms with Gasteiger partial charge in [0.05, 0.1) is 17.7 Å². The van der Waals surface area contributed by atoms with Crippen LogP contribution in [0.15, 0.2) is 114 Å². The topological polar surface area (TPSA) is 96.0 Å². The smallest absolute Gasteiger partial charge is 0.264 e. The Morgan fingerprint density at radius 2 is 1.48 bits per heavy atom. The van der Waals surface area contributed by atoms with E-state index in [9.17, 15) is 18.0 Å². The van der Waals surface area contributed by atoms with Crippen LogP contribution in [0.4, 0.5) is 5.69 Å². The number of hydrogen-bond acceptors (Lipinski definition) is 5. The minimum Gasteiger partial charge on any atom is -0.497 e. The number of ether oxygens (including phenoxy) is 1. The van der Waals surface area contributed by atoms with Gasteiger partial charge in [-0.05, 0) is 60.9 Å². The highest BCUT2D eigenvalue weighted by molar-refractivity contribution is 7.92. The minimum absolute atomic E-state index is 0.0513. The molecule has 0 saturated carbocycles. The molecule has 44 heavy (non-hydrogen) atoms. The number of carbonyl (C=O) groups is 2. The summed E-state index contributed by atoms with van der Waals surface area (Å²) in [4.78, 5) is 29.7. The molecule has 0 fully saturated rings. The third-order valence-corrected chi connectivity index (χ3v) is 9.01. The van der Waals surface area contributed by atoms with E-state index < -0.39 is 28.5 Å². The Balaban J connectivity index is 1.79. The monoisotopic (exact) mass is 613 g/mol. The number of methoxy groups -OCH3 is 1. The van der Waals surface area contributed by atoms with Crippen LogP contribution in [0.5, 0.6) is 5.75 Å². The average molecular weight is 614 g/mol. The predicted octanol–water partition coefficient (Wildman–Crippen LogP) is 5.37. The highest BCUT2D eigenvalue weighted by Gasteiger charge is 2.34. The number of rotatable bonds is 14. The second-order valence-corrected chi connectivity index (χ2v) is 12.4. The molecular formula is C35H39N3O5S. The molecule has 4 rings (SSSR count). The van der Waals surface area contributed by atoms with Crippen LogP contribution in [-0.4, -0.2) is 51.4 Å². The standard InChI is InChI=1S/C35H39N3O5S/c1-4-22-36-35(40)33(24-28-13-7-5-8-14-28)37(25-29-15-11-12-27(2)23-29)34(39)26-38(30-18-20-31(43-3)21-19-30)44(41,42)32-16-9-6-10-17-32/h5-21,23,33H,4,22,24-26H2,1-3H3,(H,36,40). The molecule has 0 aromatic heterocycles. The second-order valence-electron chi connectivity index (χ2n) is 10.5. The first-order valence-corrected chi connectivity index (χ1v) is 16.1. The first kappa shape index (κ1) is 32.3. The lowest BCUT2D eigenvalue weighted by atomic mass is 10.0. The van der Waals surface area contributed by atoms with E-state index in [1.165, 1.54) is 24.1 Å². The van der Waals surface area contributed by atoms with Crippen molar-refractivity contribution in [1.29, 1.82) is 0 Å². The number of nitrogens with zero attached hydrogens (tertiary/aromatic N) is 2. The van der Waals surface area contributed by atoms with Gasteiger partial charge in [0, 0.05) is 19.5 Å². The van der Waals surface area contributed by atoms with Gasteiger partial charge >= 0.3 is 0 Å². The van der Waals surface area contributed by atoms with Crippen LogP contribution in [0, 0.1) is 6.92 Å². The van der Waals surface area contributed by atoms with Gasteiger partial charge in [-0.25, -0.2) is 8.42 Å². The van der Waals surface area contributed by atoms with E-state index in [1.54, 1.807) is 42.5 Å². The Morgan fingerprint density at radius 1 is 0.841 bits per heavy atom. The summed E-state index contributed by atoms with van der Waals surface area (Å²) in [5.41, 5.74) is 3.03. The van der Waals surface area contributed by atoms with Crippen molar-refractivity contribution in [3.05, 3.63) is 126 Å². The van der Waals surface area contributed by atoms with E-state index in [4.69, 9.17) is 4.74 Å². The first-order chi connectivity index (χ1) is 21.2. The van der Waals surface area contributed by atoms with Crippen LogP contribution >= 0.6 is 0 Å². The average Bonchev–Trinajstić information content (AvgIpc) is 3.05. The van der Waals surface area contributed by atoms with Crippen LogP contribution in [0.1, 0.15) is 30.0 Å². The maximum absolute atomic E-state index is 14.4. The number of amides is 2. The van der Waals surface area contributed by atoms with Crippen LogP contribution in [0.2, 0.25) is 0 Å². The van der Waals surface area contributed by atoms with Crippen LogP contribution in [0.25, 0.3) is 0 Å². The van der Waals surface area contributed by atoms with Gasteiger partial charge in [0.15, 0.2) is 0 Å². The Morgan fingerprint density at radius 3 is 2.09 bits per heavy atom. The molecule has 0 aliphatic rings. The molecule has 2 amide bonds. The molecule has 1 atom stereocenters. The van der Waals surface area contributed by atoms with Gasteiger partial charge in [-0.15, -0.1) is 0 Å². The molecular weight excluding hydrogens is 574 g/mol.